The lowest BCUT2D eigenvalue weighted by Crippen LogP contribution is -2.42. The van der Waals surface area contributed by atoms with Crippen molar-refractivity contribution in [1.29, 1.82) is 0 Å². The molecule has 3 aromatic rings. The maximum absolute atomic E-state index is 12.8. The van der Waals surface area contributed by atoms with Gasteiger partial charge in [-0.15, -0.1) is 0 Å². The van der Waals surface area contributed by atoms with Crippen LogP contribution in [0.3, 0.4) is 0 Å². The first-order valence-corrected chi connectivity index (χ1v) is 12.7. The molecule has 2 fully saturated rings. The van der Waals surface area contributed by atoms with Crippen molar-refractivity contribution in [3.05, 3.63) is 42.6 Å². The molecule has 2 aliphatic heterocycles. The van der Waals surface area contributed by atoms with E-state index in [1.165, 1.54) is 19.5 Å². The molecule has 2 aliphatic rings. The van der Waals surface area contributed by atoms with Crippen molar-refractivity contribution < 1.29 is 4.79 Å². The third kappa shape index (κ3) is 4.86. The van der Waals surface area contributed by atoms with E-state index in [9.17, 15) is 4.79 Å². The Hall–Kier alpha value is -2.60. The summed E-state index contributed by atoms with van der Waals surface area (Å²) < 4.78 is 2.22. The quantitative estimate of drug-likeness (QED) is 0.576. The number of piperidine rings is 2. The maximum Gasteiger partial charge on any atom is 0.223 e. The molecule has 6 nitrogen and oxygen atoms in total. The molecule has 0 bridgehead atoms. The van der Waals surface area contributed by atoms with E-state index in [-0.39, 0.29) is 11.8 Å². The number of rotatable bonds is 6. The molecule has 5 rings (SSSR count). The van der Waals surface area contributed by atoms with Crippen LogP contribution in [0.1, 0.15) is 39.5 Å². The molecule has 1 amide bonds. The van der Waals surface area contributed by atoms with Gasteiger partial charge in [-0.1, -0.05) is 26.0 Å². The summed E-state index contributed by atoms with van der Waals surface area (Å²) in [7, 11) is 0. The van der Waals surface area contributed by atoms with Crippen LogP contribution in [0.15, 0.2) is 42.6 Å². The summed E-state index contributed by atoms with van der Waals surface area (Å²) in [6.45, 7) is 10.7. The molecule has 0 unspecified atom stereocenters. The van der Waals surface area contributed by atoms with Gasteiger partial charge >= 0.3 is 0 Å². The summed E-state index contributed by atoms with van der Waals surface area (Å²) >= 11 is 0. The molecule has 33 heavy (non-hydrogen) atoms. The molecular formula is C27H37N5O. The predicted octanol–water partition coefficient (Wildman–Crippen LogP) is 4.19. The highest BCUT2D eigenvalue weighted by Gasteiger charge is 2.27. The minimum absolute atomic E-state index is 0.111. The van der Waals surface area contributed by atoms with Crippen molar-refractivity contribution in [3.8, 4) is 0 Å². The Bertz CT molecular complexity index is 1090. The number of nitrogens with zero attached hydrogens (tertiary/aromatic N) is 4. The predicted molar refractivity (Wildman–Crippen MR) is 135 cm³/mol. The normalized spacial score (nSPS) is 22.8. The standard InChI is InChI=1S/C27H37N5O/c1-20-17-21(2)19-30(18-20)13-6-12-28-27(33)22-10-15-31(16-11-22)26-25-9-5-14-32(25)24-8-4-3-7-23(24)29-26/h3-5,7-9,14,20-22H,6,10-13,15-19H2,1-2H3,(H,28,33)/t20-,21-/m1/s1. The number of para-hydroxylation sites is 2. The molecule has 6 heteroatoms. The lowest BCUT2D eigenvalue weighted by atomic mass is 9.92. The number of anilines is 1. The third-order valence-electron chi connectivity index (χ3n) is 7.41. The topological polar surface area (TPSA) is 52.9 Å². The van der Waals surface area contributed by atoms with Gasteiger partial charge in [0.05, 0.1) is 16.6 Å². The van der Waals surface area contributed by atoms with E-state index in [4.69, 9.17) is 4.98 Å². The third-order valence-corrected chi connectivity index (χ3v) is 7.41. The lowest BCUT2D eigenvalue weighted by molar-refractivity contribution is -0.125. The van der Waals surface area contributed by atoms with E-state index in [1.807, 2.05) is 6.07 Å². The Morgan fingerprint density at radius 1 is 1.03 bits per heavy atom. The summed E-state index contributed by atoms with van der Waals surface area (Å²) in [5.41, 5.74) is 3.27. The van der Waals surface area contributed by atoms with Gasteiger partial charge in [0, 0.05) is 44.8 Å². The Morgan fingerprint density at radius 3 is 2.55 bits per heavy atom. The van der Waals surface area contributed by atoms with Gasteiger partial charge in [0.25, 0.3) is 0 Å². The van der Waals surface area contributed by atoms with Gasteiger partial charge in [-0.3, -0.25) is 4.79 Å². The van der Waals surface area contributed by atoms with Crippen LogP contribution < -0.4 is 10.2 Å². The lowest BCUT2D eigenvalue weighted by Gasteiger charge is -2.35. The number of carbonyl (C=O) groups is 1. The number of aromatic nitrogens is 2. The summed E-state index contributed by atoms with van der Waals surface area (Å²) in [5, 5.41) is 3.21. The van der Waals surface area contributed by atoms with E-state index in [0.717, 1.165) is 79.6 Å². The molecule has 1 aromatic carbocycles. The molecule has 0 radical (unpaired) electrons. The summed E-state index contributed by atoms with van der Waals surface area (Å²) in [6.07, 6.45) is 6.25. The number of carbonyl (C=O) groups excluding carboxylic acids is 1. The van der Waals surface area contributed by atoms with Gasteiger partial charge in [-0.2, -0.15) is 0 Å². The molecule has 4 heterocycles. The molecule has 2 atom stereocenters. The van der Waals surface area contributed by atoms with Gasteiger partial charge < -0.3 is 19.5 Å². The average molecular weight is 448 g/mol. The Morgan fingerprint density at radius 2 is 1.76 bits per heavy atom. The number of hydrogen-bond donors (Lipinski definition) is 1. The number of amides is 1. The van der Waals surface area contributed by atoms with Crippen LogP contribution in [0.5, 0.6) is 0 Å². The van der Waals surface area contributed by atoms with E-state index in [1.54, 1.807) is 0 Å². The SMILES string of the molecule is C[C@@H]1C[C@@H](C)CN(CCCNC(=O)C2CCN(c3nc4ccccc4n4cccc34)CC2)C1. The van der Waals surface area contributed by atoms with Gasteiger partial charge in [-0.25, -0.2) is 4.98 Å². The van der Waals surface area contributed by atoms with E-state index < -0.39 is 0 Å². The van der Waals surface area contributed by atoms with Crippen LogP contribution in [-0.4, -0.2) is 59.5 Å². The zero-order valence-electron chi connectivity index (χ0n) is 20.0. The van der Waals surface area contributed by atoms with Crippen LogP contribution in [0.25, 0.3) is 16.6 Å². The van der Waals surface area contributed by atoms with Crippen LogP contribution >= 0.6 is 0 Å². The number of hydrogen-bond acceptors (Lipinski definition) is 4. The second-order valence-corrected chi connectivity index (χ2v) is 10.3. The Kier molecular flexibility index (Phi) is 6.54. The smallest absolute Gasteiger partial charge is 0.223 e. The largest absolute Gasteiger partial charge is 0.356 e. The average Bonchev–Trinajstić information content (AvgIpc) is 3.31. The number of benzene rings is 1. The first-order chi connectivity index (χ1) is 16.1. The minimum atomic E-state index is 0.111. The van der Waals surface area contributed by atoms with Crippen molar-refractivity contribution >= 4 is 28.3 Å². The molecule has 2 saturated heterocycles. The zero-order valence-corrected chi connectivity index (χ0v) is 20.0. The fraction of sp³-hybridized carbons (Fsp3) is 0.556. The summed E-state index contributed by atoms with van der Waals surface area (Å²) in [5.74, 6) is 2.95. The van der Waals surface area contributed by atoms with Crippen molar-refractivity contribution in [3.63, 3.8) is 0 Å². The van der Waals surface area contributed by atoms with Gasteiger partial charge in [0.2, 0.25) is 5.91 Å². The monoisotopic (exact) mass is 447 g/mol. The van der Waals surface area contributed by atoms with E-state index in [0.29, 0.717) is 0 Å². The van der Waals surface area contributed by atoms with Gasteiger partial charge in [0.1, 0.15) is 0 Å². The maximum atomic E-state index is 12.8. The Balaban J connectivity index is 1.13. The highest BCUT2D eigenvalue weighted by atomic mass is 16.1. The van der Waals surface area contributed by atoms with Crippen LogP contribution in [-0.2, 0) is 4.79 Å². The Labute approximate surface area is 197 Å². The van der Waals surface area contributed by atoms with Crippen molar-refractivity contribution in [2.45, 2.75) is 39.5 Å². The minimum Gasteiger partial charge on any atom is -0.356 e. The molecule has 176 valence electrons. The summed E-state index contributed by atoms with van der Waals surface area (Å²) in [4.78, 5) is 22.7. The molecule has 0 aliphatic carbocycles. The molecule has 2 aromatic heterocycles. The van der Waals surface area contributed by atoms with Gasteiger partial charge in [-0.05, 0) is 68.3 Å². The zero-order chi connectivity index (χ0) is 22.8. The molecule has 1 N–H and O–H groups in total. The van der Waals surface area contributed by atoms with Crippen molar-refractivity contribution in [2.75, 3.05) is 44.2 Å². The highest BCUT2D eigenvalue weighted by molar-refractivity contribution is 5.85. The van der Waals surface area contributed by atoms with E-state index in [2.05, 4.69) is 69.9 Å². The first-order valence-electron chi connectivity index (χ1n) is 12.7. The second-order valence-electron chi connectivity index (χ2n) is 10.3. The van der Waals surface area contributed by atoms with Crippen molar-refractivity contribution in [2.24, 2.45) is 17.8 Å². The number of fused-ring (bicyclic) bond motifs is 3. The first kappa shape index (κ1) is 22.2. The fourth-order valence-electron chi connectivity index (χ4n) is 5.93. The fourth-order valence-corrected chi connectivity index (χ4v) is 5.93. The highest BCUT2D eigenvalue weighted by Crippen LogP contribution is 2.29. The second kappa shape index (κ2) is 9.72. The number of nitrogens with one attached hydrogen (secondary N) is 1. The van der Waals surface area contributed by atoms with Crippen molar-refractivity contribution in [1.82, 2.24) is 19.6 Å². The molecular weight excluding hydrogens is 410 g/mol. The van der Waals surface area contributed by atoms with Crippen LogP contribution in [0.4, 0.5) is 5.82 Å². The summed E-state index contributed by atoms with van der Waals surface area (Å²) in [6, 6.07) is 12.5. The number of likely N-dealkylation sites (tertiary alicyclic amines) is 1. The van der Waals surface area contributed by atoms with Crippen LogP contribution in [0, 0.1) is 17.8 Å². The molecule has 0 spiro atoms. The van der Waals surface area contributed by atoms with Crippen LogP contribution in [0.2, 0.25) is 0 Å². The van der Waals surface area contributed by atoms with E-state index >= 15 is 0 Å². The van der Waals surface area contributed by atoms with Gasteiger partial charge in [0.15, 0.2) is 5.82 Å². The molecule has 0 saturated carbocycles.